The van der Waals surface area contributed by atoms with Crippen LogP contribution >= 0.6 is 11.6 Å². The van der Waals surface area contributed by atoms with E-state index in [1.807, 2.05) is 0 Å². The highest BCUT2D eigenvalue weighted by atomic mass is 35.5. The molecular formula is C23H27ClN4O5. The van der Waals surface area contributed by atoms with Crippen molar-refractivity contribution in [1.82, 2.24) is 14.7 Å². The summed E-state index contributed by atoms with van der Waals surface area (Å²) in [6.07, 6.45) is 5.83. The summed E-state index contributed by atoms with van der Waals surface area (Å²) in [5, 5.41) is 26.0. The number of nitrogens with zero attached hydrogens (tertiary/aromatic N) is 3. The number of nitrogens with one attached hydrogen (secondary N) is 1. The lowest BCUT2D eigenvalue weighted by atomic mass is 9.80. The highest BCUT2D eigenvalue weighted by molar-refractivity contribution is 6.32. The molecule has 0 bridgehead atoms. The first kappa shape index (κ1) is 23.3. The molecule has 1 aromatic carbocycles. The number of hydrogen-bond acceptors (Lipinski definition) is 6. The third-order valence-electron chi connectivity index (χ3n) is 5.93. The van der Waals surface area contributed by atoms with E-state index < -0.39 is 12.1 Å². The van der Waals surface area contributed by atoms with Crippen molar-refractivity contribution in [3.05, 3.63) is 53.4 Å². The van der Waals surface area contributed by atoms with Gasteiger partial charge in [0.1, 0.15) is 17.6 Å². The van der Waals surface area contributed by atoms with Crippen LogP contribution in [0.3, 0.4) is 0 Å². The van der Waals surface area contributed by atoms with E-state index in [9.17, 15) is 14.7 Å². The van der Waals surface area contributed by atoms with Crippen molar-refractivity contribution in [2.45, 2.75) is 44.4 Å². The molecule has 2 heterocycles. The number of benzene rings is 1. The molecule has 0 spiro atoms. The fourth-order valence-electron chi connectivity index (χ4n) is 3.94. The molecule has 2 amide bonds. The lowest BCUT2D eigenvalue weighted by molar-refractivity contribution is -0.134. The largest absolute Gasteiger partial charge is 0.458 e. The van der Waals surface area contributed by atoms with Gasteiger partial charge in [0.25, 0.3) is 5.91 Å². The maximum Gasteiger partial charge on any atom is 0.251 e. The summed E-state index contributed by atoms with van der Waals surface area (Å²) in [5.41, 5.74) is 0. The zero-order valence-electron chi connectivity index (χ0n) is 18.1. The quantitative estimate of drug-likeness (QED) is 0.486. The molecule has 2 aliphatic rings. The van der Waals surface area contributed by atoms with Crippen molar-refractivity contribution in [2.75, 3.05) is 18.5 Å². The molecule has 4 rings (SSSR count). The van der Waals surface area contributed by atoms with Crippen molar-refractivity contribution in [3.63, 3.8) is 0 Å². The lowest BCUT2D eigenvalue weighted by Gasteiger charge is -2.33. The molecule has 1 aliphatic carbocycles. The summed E-state index contributed by atoms with van der Waals surface area (Å²) in [4.78, 5) is 27.5. The van der Waals surface area contributed by atoms with E-state index in [0.717, 1.165) is 19.3 Å². The molecule has 0 radical (unpaired) electrons. The van der Waals surface area contributed by atoms with Crippen LogP contribution < -0.4 is 10.1 Å². The summed E-state index contributed by atoms with van der Waals surface area (Å²) >= 11 is 6.16. The number of halogens is 1. The van der Waals surface area contributed by atoms with Gasteiger partial charge in [-0.1, -0.05) is 43.0 Å². The van der Waals surface area contributed by atoms with E-state index in [0.29, 0.717) is 34.7 Å². The average Bonchev–Trinajstić information content (AvgIpc) is 3.34. The first-order valence-electron chi connectivity index (χ1n) is 11.0. The van der Waals surface area contributed by atoms with Crippen LogP contribution in [0.15, 0.2) is 48.4 Å². The Kier molecular flexibility index (Phi) is 7.32. The van der Waals surface area contributed by atoms with Gasteiger partial charge in [0.2, 0.25) is 5.91 Å². The Morgan fingerprint density at radius 3 is 2.79 bits per heavy atom. The fraction of sp³-hybridized carbons (Fsp3) is 0.435. The van der Waals surface area contributed by atoms with Gasteiger partial charge in [-0.3, -0.25) is 14.3 Å². The molecule has 2 aromatic rings. The van der Waals surface area contributed by atoms with E-state index in [-0.39, 0.29) is 31.5 Å². The molecule has 33 heavy (non-hydrogen) atoms. The van der Waals surface area contributed by atoms with Crippen LogP contribution in [-0.2, 0) is 16.1 Å². The molecule has 1 aromatic heterocycles. The van der Waals surface area contributed by atoms with Gasteiger partial charge in [0.05, 0.1) is 30.8 Å². The first-order valence-corrected chi connectivity index (χ1v) is 11.4. The SMILES string of the molecule is O=C(Nc1ccn(C[C@@H](O)CO)n1)[C@H](CC1CCC1)N1CC(Oc2ccccc2Cl)=CC1=O. The molecule has 9 nitrogen and oxygen atoms in total. The maximum atomic E-state index is 13.2. The minimum atomic E-state index is -0.940. The number of aliphatic hydroxyl groups is 2. The molecule has 3 N–H and O–H groups in total. The summed E-state index contributed by atoms with van der Waals surface area (Å²) in [6, 6.07) is 7.96. The normalized spacial score (nSPS) is 18.0. The van der Waals surface area contributed by atoms with Crippen molar-refractivity contribution < 1.29 is 24.5 Å². The molecule has 176 valence electrons. The van der Waals surface area contributed by atoms with Crippen molar-refractivity contribution in [3.8, 4) is 5.75 Å². The second-order valence-electron chi connectivity index (χ2n) is 8.41. The number of carbonyl (C=O) groups excluding carboxylic acids is 2. The first-order chi connectivity index (χ1) is 15.9. The minimum Gasteiger partial charge on any atom is -0.458 e. The minimum absolute atomic E-state index is 0.106. The topological polar surface area (TPSA) is 117 Å². The molecule has 10 heteroatoms. The number of anilines is 1. The number of para-hydroxylation sites is 1. The van der Waals surface area contributed by atoms with Crippen LogP contribution in [0.4, 0.5) is 5.82 Å². The van der Waals surface area contributed by atoms with Gasteiger partial charge in [-0.25, -0.2) is 0 Å². The van der Waals surface area contributed by atoms with E-state index in [1.165, 1.54) is 15.7 Å². The van der Waals surface area contributed by atoms with Crippen molar-refractivity contribution in [1.29, 1.82) is 0 Å². The van der Waals surface area contributed by atoms with Crippen LogP contribution in [0.2, 0.25) is 5.02 Å². The molecule has 0 unspecified atom stereocenters. The number of aromatic nitrogens is 2. The number of rotatable bonds is 10. The van der Waals surface area contributed by atoms with E-state index >= 15 is 0 Å². The summed E-state index contributed by atoms with van der Waals surface area (Å²) in [5.74, 6) is 0.983. The Hall–Kier alpha value is -2.88. The van der Waals surface area contributed by atoms with Crippen molar-refractivity contribution >= 4 is 29.2 Å². The van der Waals surface area contributed by atoms with E-state index in [1.54, 1.807) is 36.5 Å². The number of amides is 2. The Bertz CT molecular complexity index is 1040. The number of ether oxygens (including phenoxy) is 1. The van der Waals surface area contributed by atoms with Gasteiger partial charge >= 0.3 is 0 Å². The lowest BCUT2D eigenvalue weighted by Crippen LogP contribution is -2.47. The zero-order chi connectivity index (χ0) is 23.4. The van der Waals surface area contributed by atoms with Crippen LogP contribution in [0.5, 0.6) is 5.75 Å². The number of carbonyl (C=O) groups is 2. The van der Waals surface area contributed by atoms with E-state index in [4.69, 9.17) is 21.4 Å². The molecule has 1 saturated carbocycles. The molecule has 0 saturated heterocycles. The fourth-order valence-corrected chi connectivity index (χ4v) is 4.11. The summed E-state index contributed by atoms with van der Waals surface area (Å²) in [7, 11) is 0. The Morgan fingerprint density at radius 1 is 1.30 bits per heavy atom. The maximum absolute atomic E-state index is 13.2. The van der Waals surface area contributed by atoms with Crippen LogP contribution in [0.1, 0.15) is 25.7 Å². The molecule has 1 fully saturated rings. The Morgan fingerprint density at radius 2 is 2.09 bits per heavy atom. The standard InChI is InChI=1S/C23H27ClN4O5/c24-18-6-1-2-7-20(18)33-17-11-22(31)28(13-17)19(10-15-4-3-5-15)23(32)25-21-8-9-27(26-21)12-16(30)14-29/h1-2,6-9,11,15-16,19,29-30H,3-5,10,12-14H2,(H,25,26,32)/t16-,19+/m1/s1. The van der Waals surface area contributed by atoms with Gasteiger partial charge in [-0.05, 0) is 24.5 Å². The predicted molar refractivity (Wildman–Crippen MR) is 122 cm³/mol. The predicted octanol–water partition coefficient (Wildman–Crippen LogP) is 2.19. The van der Waals surface area contributed by atoms with E-state index in [2.05, 4.69) is 10.4 Å². The molecule has 2 atom stereocenters. The third-order valence-corrected chi connectivity index (χ3v) is 6.24. The van der Waals surface area contributed by atoms with Gasteiger partial charge in [-0.2, -0.15) is 5.10 Å². The average molecular weight is 475 g/mol. The highest BCUT2D eigenvalue weighted by Gasteiger charge is 2.37. The monoisotopic (exact) mass is 474 g/mol. The molecular weight excluding hydrogens is 448 g/mol. The van der Waals surface area contributed by atoms with Crippen LogP contribution in [-0.4, -0.2) is 62.0 Å². The van der Waals surface area contributed by atoms with Crippen LogP contribution in [0.25, 0.3) is 0 Å². The second-order valence-corrected chi connectivity index (χ2v) is 8.81. The third kappa shape index (κ3) is 5.73. The number of aliphatic hydroxyl groups excluding tert-OH is 2. The zero-order valence-corrected chi connectivity index (χ0v) is 18.8. The summed E-state index contributed by atoms with van der Waals surface area (Å²) in [6.45, 7) is -0.102. The highest BCUT2D eigenvalue weighted by Crippen LogP contribution is 2.33. The Labute approximate surface area is 196 Å². The Balaban J connectivity index is 1.44. The second kappa shape index (κ2) is 10.4. The van der Waals surface area contributed by atoms with Crippen molar-refractivity contribution in [2.24, 2.45) is 5.92 Å². The van der Waals surface area contributed by atoms with Crippen LogP contribution in [0, 0.1) is 5.92 Å². The summed E-state index contributed by atoms with van der Waals surface area (Å²) < 4.78 is 7.27. The van der Waals surface area contributed by atoms with Gasteiger partial charge in [-0.15, -0.1) is 0 Å². The molecule has 1 aliphatic heterocycles. The van der Waals surface area contributed by atoms with Gasteiger partial charge in [0.15, 0.2) is 5.82 Å². The van der Waals surface area contributed by atoms with Gasteiger partial charge in [0, 0.05) is 18.3 Å². The smallest absolute Gasteiger partial charge is 0.251 e. The van der Waals surface area contributed by atoms with Gasteiger partial charge < -0.3 is 25.2 Å². The number of hydrogen-bond donors (Lipinski definition) is 3.